The van der Waals surface area contributed by atoms with E-state index in [1.54, 1.807) is 13.0 Å². The Bertz CT molecular complexity index is 524. The zero-order valence-electron chi connectivity index (χ0n) is 9.77. The molecule has 1 heterocycles. The lowest BCUT2D eigenvalue weighted by atomic mass is 10.1. The molecule has 0 amide bonds. The molecule has 0 spiro atoms. The van der Waals surface area contributed by atoms with E-state index in [9.17, 15) is 4.39 Å². The Morgan fingerprint density at radius 1 is 1.47 bits per heavy atom. The van der Waals surface area contributed by atoms with Crippen LogP contribution in [-0.4, -0.2) is 16.7 Å². The Morgan fingerprint density at radius 2 is 2.24 bits per heavy atom. The van der Waals surface area contributed by atoms with Gasteiger partial charge in [0.05, 0.1) is 0 Å². The number of hydrogen-bond acceptors (Lipinski definition) is 4. The quantitative estimate of drug-likeness (QED) is 0.886. The number of benzene rings is 1. The van der Waals surface area contributed by atoms with Crippen LogP contribution in [0.4, 0.5) is 4.39 Å². The van der Waals surface area contributed by atoms with E-state index in [1.807, 2.05) is 6.92 Å². The molecule has 0 aliphatic carbocycles. The van der Waals surface area contributed by atoms with Crippen molar-refractivity contribution in [2.75, 3.05) is 6.54 Å². The van der Waals surface area contributed by atoms with Crippen LogP contribution < -0.4 is 5.73 Å². The second-order valence-corrected chi connectivity index (χ2v) is 4.05. The molecule has 1 atom stereocenters. The van der Waals surface area contributed by atoms with E-state index < -0.39 is 0 Å². The van der Waals surface area contributed by atoms with Crippen LogP contribution in [0, 0.1) is 12.7 Å². The number of halogens is 1. The van der Waals surface area contributed by atoms with Crippen molar-refractivity contribution in [1.29, 1.82) is 0 Å². The van der Waals surface area contributed by atoms with E-state index >= 15 is 0 Å². The molecule has 1 aromatic heterocycles. The molecular weight excluding hydrogens is 221 g/mol. The predicted octanol–water partition coefficient (Wildman–Crippen LogP) is 2.25. The van der Waals surface area contributed by atoms with Gasteiger partial charge < -0.3 is 10.3 Å². The van der Waals surface area contributed by atoms with Crippen molar-refractivity contribution >= 4 is 0 Å². The number of hydrogen-bond donors (Lipinski definition) is 1. The van der Waals surface area contributed by atoms with Gasteiger partial charge in [-0.25, -0.2) is 4.39 Å². The van der Waals surface area contributed by atoms with Crippen molar-refractivity contribution in [2.45, 2.75) is 19.8 Å². The van der Waals surface area contributed by atoms with Crippen molar-refractivity contribution < 1.29 is 8.91 Å². The van der Waals surface area contributed by atoms with Gasteiger partial charge in [0.1, 0.15) is 5.82 Å². The minimum absolute atomic E-state index is 0.0250. The molecule has 2 aromatic rings. The van der Waals surface area contributed by atoms with Crippen LogP contribution in [0.1, 0.15) is 24.3 Å². The van der Waals surface area contributed by atoms with Crippen LogP contribution in [0.3, 0.4) is 0 Å². The molecule has 1 unspecified atom stereocenters. The summed E-state index contributed by atoms with van der Waals surface area (Å²) in [5.74, 6) is 0.728. The highest BCUT2D eigenvalue weighted by molar-refractivity contribution is 5.59. The third-order valence-corrected chi connectivity index (χ3v) is 2.65. The Balaban J connectivity index is 2.37. The van der Waals surface area contributed by atoms with E-state index in [0.29, 0.717) is 18.3 Å². The lowest BCUT2D eigenvalue weighted by molar-refractivity contribution is 0.361. The number of nitrogens with zero attached hydrogens (tertiary/aromatic N) is 2. The molecule has 0 saturated carbocycles. The second kappa shape index (κ2) is 4.63. The van der Waals surface area contributed by atoms with Crippen molar-refractivity contribution in [3.05, 3.63) is 35.5 Å². The molecular formula is C12H14FN3O. The summed E-state index contributed by atoms with van der Waals surface area (Å²) in [5.41, 5.74) is 7.07. The summed E-state index contributed by atoms with van der Waals surface area (Å²) in [6, 6.07) is 4.47. The van der Waals surface area contributed by atoms with E-state index in [1.165, 1.54) is 12.1 Å². The molecule has 0 saturated heterocycles. The van der Waals surface area contributed by atoms with E-state index in [2.05, 4.69) is 10.1 Å². The summed E-state index contributed by atoms with van der Waals surface area (Å²) in [7, 11) is 0. The minimum atomic E-state index is -0.273. The van der Waals surface area contributed by atoms with E-state index in [-0.39, 0.29) is 11.7 Å². The first-order chi connectivity index (χ1) is 8.11. The summed E-state index contributed by atoms with van der Waals surface area (Å²) in [4.78, 5) is 4.26. The third kappa shape index (κ3) is 2.34. The van der Waals surface area contributed by atoms with Crippen molar-refractivity contribution in [3.8, 4) is 11.4 Å². The highest BCUT2D eigenvalue weighted by Crippen LogP contribution is 2.23. The Hall–Kier alpha value is -1.75. The third-order valence-electron chi connectivity index (χ3n) is 2.65. The SMILES string of the molecule is Cc1cc(F)ccc1-c1noc(C(C)CN)n1. The topological polar surface area (TPSA) is 64.9 Å². The van der Waals surface area contributed by atoms with Gasteiger partial charge in [0, 0.05) is 18.0 Å². The molecule has 0 fully saturated rings. The van der Waals surface area contributed by atoms with Gasteiger partial charge in [0.2, 0.25) is 11.7 Å². The summed E-state index contributed by atoms with van der Waals surface area (Å²) in [6.07, 6.45) is 0. The number of aryl methyl sites for hydroxylation is 1. The fraction of sp³-hybridized carbons (Fsp3) is 0.333. The Morgan fingerprint density at radius 3 is 2.88 bits per heavy atom. The predicted molar refractivity (Wildman–Crippen MR) is 61.9 cm³/mol. The Kier molecular flexibility index (Phi) is 3.19. The molecule has 0 radical (unpaired) electrons. The van der Waals surface area contributed by atoms with Crippen LogP contribution in [0.5, 0.6) is 0 Å². The normalized spacial score (nSPS) is 12.7. The van der Waals surface area contributed by atoms with Gasteiger partial charge in [0.15, 0.2) is 0 Å². The fourth-order valence-corrected chi connectivity index (χ4v) is 1.52. The molecule has 0 aliphatic rings. The molecule has 0 aliphatic heterocycles. The second-order valence-electron chi connectivity index (χ2n) is 4.05. The van der Waals surface area contributed by atoms with Crippen molar-refractivity contribution in [2.24, 2.45) is 5.73 Å². The molecule has 1 aromatic carbocycles. The first kappa shape index (κ1) is 11.7. The van der Waals surface area contributed by atoms with Crippen molar-refractivity contribution in [1.82, 2.24) is 10.1 Å². The zero-order valence-corrected chi connectivity index (χ0v) is 9.77. The maximum absolute atomic E-state index is 13.0. The summed E-state index contributed by atoms with van der Waals surface area (Å²) >= 11 is 0. The monoisotopic (exact) mass is 235 g/mol. The first-order valence-corrected chi connectivity index (χ1v) is 5.42. The largest absolute Gasteiger partial charge is 0.339 e. The average molecular weight is 235 g/mol. The molecule has 17 heavy (non-hydrogen) atoms. The van der Waals surface area contributed by atoms with Gasteiger partial charge >= 0.3 is 0 Å². The van der Waals surface area contributed by atoms with Gasteiger partial charge in [-0.15, -0.1) is 0 Å². The molecule has 90 valence electrons. The van der Waals surface area contributed by atoms with Crippen LogP contribution in [-0.2, 0) is 0 Å². The lowest BCUT2D eigenvalue weighted by Gasteiger charge is -2.00. The number of rotatable bonds is 3. The maximum Gasteiger partial charge on any atom is 0.231 e. The summed E-state index contributed by atoms with van der Waals surface area (Å²) in [5, 5.41) is 3.88. The molecule has 2 rings (SSSR count). The summed E-state index contributed by atoms with van der Waals surface area (Å²) < 4.78 is 18.1. The average Bonchev–Trinajstić information content (AvgIpc) is 2.77. The minimum Gasteiger partial charge on any atom is -0.339 e. The van der Waals surface area contributed by atoms with Gasteiger partial charge in [-0.3, -0.25) is 0 Å². The summed E-state index contributed by atoms with van der Waals surface area (Å²) in [6.45, 7) is 4.17. The molecule has 2 N–H and O–H groups in total. The van der Waals surface area contributed by atoms with Crippen LogP contribution in [0.25, 0.3) is 11.4 Å². The van der Waals surface area contributed by atoms with E-state index in [0.717, 1.165) is 11.1 Å². The molecule has 5 heteroatoms. The van der Waals surface area contributed by atoms with Gasteiger partial charge in [0.25, 0.3) is 0 Å². The van der Waals surface area contributed by atoms with Gasteiger partial charge in [-0.2, -0.15) is 4.98 Å². The number of nitrogens with two attached hydrogens (primary N) is 1. The standard InChI is InChI=1S/C12H14FN3O/c1-7-5-9(13)3-4-10(7)11-15-12(17-16-11)8(2)6-14/h3-5,8H,6,14H2,1-2H3. The van der Waals surface area contributed by atoms with Gasteiger partial charge in [-0.05, 0) is 30.7 Å². The lowest BCUT2D eigenvalue weighted by Crippen LogP contribution is -2.08. The maximum atomic E-state index is 13.0. The van der Waals surface area contributed by atoms with E-state index in [4.69, 9.17) is 10.3 Å². The van der Waals surface area contributed by atoms with Gasteiger partial charge in [-0.1, -0.05) is 12.1 Å². The van der Waals surface area contributed by atoms with Crippen LogP contribution >= 0.6 is 0 Å². The van der Waals surface area contributed by atoms with Crippen molar-refractivity contribution in [3.63, 3.8) is 0 Å². The van der Waals surface area contributed by atoms with Crippen LogP contribution in [0.2, 0.25) is 0 Å². The van der Waals surface area contributed by atoms with Crippen LogP contribution in [0.15, 0.2) is 22.7 Å². The highest BCUT2D eigenvalue weighted by Gasteiger charge is 2.15. The smallest absolute Gasteiger partial charge is 0.231 e. The highest BCUT2D eigenvalue weighted by atomic mass is 19.1. The number of aromatic nitrogens is 2. The Labute approximate surface area is 98.6 Å². The molecule has 0 bridgehead atoms. The molecule has 4 nitrogen and oxygen atoms in total. The zero-order chi connectivity index (χ0) is 12.4. The first-order valence-electron chi connectivity index (χ1n) is 5.42. The fourth-order valence-electron chi connectivity index (χ4n) is 1.52.